The van der Waals surface area contributed by atoms with Gasteiger partial charge in [0, 0.05) is 30.1 Å². The lowest BCUT2D eigenvalue weighted by Gasteiger charge is -2.29. The summed E-state index contributed by atoms with van der Waals surface area (Å²) in [6, 6.07) is 6.14. The Bertz CT molecular complexity index is 802. The summed E-state index contributed by atoms with van der Waals surface area (Å²) < 4.78 is 0. The molecule has 1 aliphatic heterocycles. The number of benzene rings is 1. The summed E-state index contributed by atoms with van der Waals surface area (Å²) >= 11 is 0. The van der Waals surface area contributed by atoms with Gasteiger partial charge in [-0.2, -0.15) is 0 Å². The van der Waals surface area contributed by atoms with E-state index >= 15 is 0 Å². The van der Waals surface area contributed by atoms with E-state index in [-0.39, 0.29) is 11.5 Å². The number of hydrogen-bond donors (Lipinski definition) is 1. The number of amides is 1. The maximum atomic E-state index is 12.2. The maximum absolute atomic E-state index is 12.2. The summed E-state index contributed by atoms with van der Waals surface area (Å²) in [6.45, 7) is 3.32. The van der Waals surface area contributed by atoms with Crippen LogP contribution in [0.5, 0.6) is 0 Å². The lowest BCUT2D eigenvalue weighted by Crippen LogP contribution is -2.36. The molecule has 4 heteroatoms. The number of nitrogens with one attached hydrogen (secondary N) is 1. The number of aromatic amines is 1. The number of carbonyl (C=O) groups is 1. The molecule has 2 aromatic rings. The Hall–Kier alpha value is -2.10. The van der Waals surface area contributed by atoms with Gasteiger partial charge in [0.1, 0.15) is 0 Å². The monoisotopic (exact) mass is 282 g/mol. The molecule has 1 fully saturated rings. The fraction of sp³-hybridized carbons (Fsp3) is 0.412. The van der Waals surface area contributed by atoms with Gasteiger partial charge >= 0.3 is 0 Å². The molecule has 108 valence electrons. The van der Waals surface area contributed by atoms with Crippen molar-refractivity contribution in [1.29, 1.82) is 0 Å². The van der Waals surface area contributed by atoms with Crippen LogP contribution in [0.4, 0.5) is 0 Å². The average molecular weight is 282 g/mol. The second kappa shape index (κ2) is 4.45. The van der Waals surface area contributed by atoms with Crippen LogP contribution in [-0.4, -0.2) is 22.3 Å². The first-order valence-electron chi connectivity index (χ1n) is 7.56. The SMILES string of the molecule is Cc1cc2cc3c(cc2[nH]c1=O)CN(C(=O)C1CC1)CC3. The lowest BCUT2D eigenvalue weighted by molar-refractivity contribution is -0.133. The van der Waals surface area contributed by atoms with E-state index in [0.717, 1.165) is 42.3 Å². The fourth-order valence-electron chi connectivity index (χ4n) is 3.15. The van der Waals surface area contributed by atoms with Gasteiger partial charge in [0.05, 0.1) is 0 Å². The third-order valence-corrected chi connectivity index (χ3v) is 4.60. The van der Waals surface area contributed by atoms with Crippen molar-refractivity contribution in [2.45, 2.75) is 32.7 Å². The van der Waals surface area contributed by atoms with E-state index < -0.39 is 0 Å². The van der Waals surface area contributed by atoms with Crippen molar-refractivity contribution in [2.24, 2.45) is 5.92 Å². The second-order valence-electron chi connectivity index (χ2n) is 6.27. The van der Waals surface area contributed by atoms with Crippen molar-refractivity contribution in [3.63, 3.8) is 0 Å². The van der Waals surface area contributed by atoms with Gasteiger partial charge in [-0.1, -0.05) is 0 Å². The van der Waals surface area contributed by atoms with Gasteiger partial charge in [-0.25, -0.2) is 0 Å². The number of aromatic nitrogens is 1. The van der Waals surface area contributed by atoms with Gasteiger partial charge in [0.15, 0.2) is 0 Å². The number of H-pyrrole nitrogens is 1. The van der Waals surface area contributed by atoms with Crippen molar-refractivity contribution < 1.29 is 4.79 Å². The molecule has 2 aliphatic rings. The molecule has 0 saturated heterocycles. The van der Waals surface area contributed by atoms with Crippen LogP contribution in [-0.2, 0) is 17.8 Å². The van der Waals surface area contributed by atoms with Crippen LogP contribution in [0.15, 0.2) is 23.0 Å². The molecular formula is C17H18N2O2. The molecule has 1 aromatic heterocycles. The van der Waals surface area contributed by atoms with E-state index in [1.54, 1.807) is 0 Å². The van der Waals surface area contributed by atoms with Crippen LogP contribution in [0.3, 0.4) is 0 Å². The summed E-state index contributed by atoms with van der Waals surface area (Å²) in [6.07, 6.45) is 3.00. The highest BCUT2D eigenvalue weighted by atomic mass is 16.2. The molecule has 0 spiro atoms. The molecular weight excluding hydrogens is 264 g/mol. The quantitative estimate of drug-likeness (QED) is 0.871. The summed E-state index contributed by atoms with van der Waals surface area (Å²) in [4.78, 5) is 28.9. The minimum atomic E-state index is -0.0378. The van der Waals surface area contributed by atoms with E-state index in [0.29, 0.717) is 12.5 Å². The summed E-state index contributed by atoms with van der Waals surface area (Å²) in [7, 11) is 0. The maximum Gasteiger partial charge on any atom is 0.251 e. The number of pyridine rings is 1. The van der Waals surface area contributed by atoms with Gasteiger partial charge in [0.2, 0.25) is 5.91 Å². The zero-order chi connectivity index (χ0) is 14.6. The van der Waals surface area contributed by atoms with Crippen molar-refractivity contribution >= 4 is 16.8 Å². The Kier molecular flexibility index (Phi) is 2.67. The molecule has 4 rings (SSSR count). The number of rotatable bonds is 1. The first-order chi connectivity index (χ1) is 10.1. The van der Waals surface area contributed by atoms with E-state index in [1.807, 2.05) is 24.0 Å². The second-order valence-corrected chi connectivity index (χ2v) is 6.27. The standard InChI is InChI=1S/C17H18N2O2/c1-10-6-13-7-12-4-5-19(17(21)11-2-3-11)9-14(12)8-15(13)18-16(10)20/h6-8,11H,2-5,9H2,1H3,(H,18,20). The number of hydrogen-bond acceptors (Lipinski definition) is 2. The van der Waals surface area contributed by atoms with Crippen molar-refractivity contribution in [2.75, 3.05) is 6.54 Å². The van der Waals surface area contributed by atoms with Gasteiger partial charge in [-0.05, 0) is 60.9 Å². The van der Waals surface area contributed by atoms with Crippen LogP contribution in [0, 0.1) is 12.8 Å². The zero-order valence-corrected chi connectivity index (χ0v) is 12.1. The highest BCUT2D eigenvalue weighted by Gasteiger charge is 2.34. The van der Waals surface area contributed by atoms with Crippen molar-refractivity contribution in [3.05, 3.63) is 45.2 Å². The minimum absolute atomic E-state index is 0.0378. The van der Waals surface area contributed by atoms with Crippen molar-refractivity contribution in [3.8, 4) is 0 Å². The predicted octanol–water partition coefficient (Wildman–Crippen LogP) is 2.13. The van der Waals surface area contributed by atoms with Gasteiger partial charge in [-0.15, -0.1) is 0 Å². The smallest absolute Gasteiger partial charge is 0.251 e. The third kappa shape index (κ3) is 2.15. The highest BCUT2D eigenvalue weighted by molar-refractivity contribution is 5.83. The van der Waals surface area contributed by atoms with E-state index in [4.69, 9.17) is 0 Å². The molecule has 1 amide bonds. The predicted molar refractivity (Wildman–Crippen MR) is 81.2 cm³/mol. The molecule has 21 heavy (non-hydrogen) atoms. The molecule has 2 heterocycles. The largest absolute Gasteiger partial charge is 0.338 e. The molecule has 0 unspecified atom stereocenters. The Balaban J connectivity index is 1.74. The molecule has 1 aromatic carbocycles. The number of nitrogens with zero attached hydrogens (tertiary/aromatic N) is 1. The van der Waals surface area contributed by atoms with Crippen LogP contribution >= 0.6 is 0 Å². The normalized spacial score (nSPS) is 17.9. The third-order valence-electron chi connectivity index (χ3n) is 4.60. The lowest BCUT2D eigenvalue weighted by atomic mass is 9.96. The Morgan fingerprint density at radius 3 is 2.81 bits per heavy atom. The molecule has 0 atom stereocenters. The number of fused-ring (bicyclic) bond motifs is 2. The minimum Gasteiger partial charge on any atom is -0.338 e. The highest BCUT2D eigenvalue weighted by Crippen LogP contribution is 2.33. The zero-order valence-electron chi connectivity index (χ0n) is 12.1. The van der Waals surface area contributed by atoms with E-state index in [2.05, 4.69) is 11.1 Å². The van der Waals surface area contributed by atoms with E-state index in [1.165, 1.54) is 11.1 Å². The Morgan fingerprint density at radius 2 is 2.05 bits per heavy atom. The fourth-order valence-corrected chi connectivity index (χ4v) is 3.15. The molecule has 4 nitrogen and oxygen atoms in total. The molecule has 0 bridgehead atoms. The van der Waals surface area contributed by atoms with Crippen LogP contribution in [0.25, 0.3) is 10.9 Å². The number of carbonyl (C=O) groups excluding carboxylic acids is 1. The molecule has 1 saturated carbocycles. The average Bonchev–Trinajstić information content (AvgIpc) is 3.30. The summed E-state index contributed by atoms with van der Waals surface area (Å²) in [5.41, 5.74) is 4.04. The molecule has 1 N–H and O–H groups in total. The Labute approximate surface area is 122 Å². The van der Waals surface area contributed by atoms with Crippen LogP contribution < -0.4 is 5.56 Å². The topological polar surface area (TPSA) is 53.2 Å². The van der Waals surface area contributed by atoms with Crippen LogP contribution in [0.1, 0.15) is 29.5 Å². The first-order valence-corrected chi connectivity index (χ1v) is 7.56. The van der Waals surface area contributed by atoms with E-state index in [9.17, 15) is 9.59 Å². The summed E-state index contributed by atoms with van der Waals surface area (Å²) in [5, 5.41) is 1.08. The summed E-state index contributed by atoms with van der Waals surface area (Å²) in [5.74, 6) is 0.576. The molecule has 1 aliphatic carbocycles. The van der Waals surface area contributed by atoms with Crippen molar-refractivity contribution in [1.82, 2.24) is 9.88 Å². The number of aryl methyl sites for hydroxylation is 1. The van der Waals surface area contributed by atoms with Gasteiger partial charge < -0.3 is 9.88 Å². The van der Waals surface area contributed by atoms with Gasteiger partial charge in [0.25, 0.3) is 5.56 Å². The first kappa shape index (κ1) is 12.6. The Morgan fingerprint density at radius 1 is 1.24 bits per heavy atom. The van der Waals surface area contributed by atoms with Gasteiger partial charge in [-0.3, -0.25) is 9.59 Å². The molecule has 0 radical (unpaired) electrons. The van der Waals surface area contributed by atoms with Crippen LogP contribution in [0.2, 0.25) is 0 Å².